The van der Waals surface area contributed by atoms with Gasteiger partial charge in [-0.2, -0.15) is 0 Å². The molecule has 0 bridgehead atoms. The highest BCUT2D eigenvalue weighted by molar-refractivity contribution is 5.88. The van der Waals surface area contributed by atoms with Gasteiger partial charge in [0.1, 0.15) is 17.1 Å². The topological polar surface area (TPSA) is 81.5 Å². The van der Waals surface area contributed by atoms with Crippen molar-refractivity contribution >= 4 is 11.8 Å². The van der Waals surface area contributed by atoms with Gasteiger partial charge in [-0.1, -0.05) is 5.21 Å². The van der Waals surface area contributed by atoms with Crippen LogP contribution in [0.4, 0.5) is 10.6 Å². The molecule has 1 aliphatic rings. The molecule has 0 atom stereocenters. The van der Waals surface area contributed by atoms with Gasteiger partial charge in [0.05, 0.1) is 25.9 Å². The Kier molecular flexibility index (Phi) is 4.28. The lowest BCUT2D eigenvalue weighted by Crippen LogP contribution is -2.45. The van der Waals surface area contributed by atoms with E-state index in [9.17, 15) is 4.79 Å². The maximum atomic E-state index is 12.8. The number of aryl methyl sites for hydroxylation is 1. The van der Waals surface area contributed by atoms with Gasteiger partial charge >= 0.3 is 6.03 Å². The molecule has 8 nitrogen and oxygen atoms in total. The first-order valence-corrected chi connectivity index (χ1v) is 8.07. The number of methoxy groups -OCH3 is 1. The van der Waals surface area contributed by atoms with Gasteiger partial charge in [-0.05, 0) is 32.9 Å². The van der Waals surface area contributed by atoms with Crippen LogP contribution in [0.5, 0.6) is 11.5 Å². The van der Waals surface area contributed by atoms with Gasteiger partial charge in [-0.15, -0.1) is 5.10 Å². The molecule has 1 aromatic carbocycles. The Morgan fingerprint density at radius 3 is 2.80 bits per heavy atom. The van der Waals surface area contributed by atoms with Crippen molar-refractivity contribution in [3.8, 4) is 11.5 Å². The Morgan fingerprint density at radius 2 is 2.16 bits per heavy atom. The van der Waals surface area contributed by atoms with E-state index < -0.39 is 5.60 Å². The number of aromatic nitrogens is 3. The molecule has 1 aliphatic heterocycles. The van der Waals surface area contributed by atoms with Crippen LogP contribution in [0.2, 0.25) is 0 Å². The maximum Gasteiger partial charge on any atom is 0.323 e. The fourth-order valence-electron chi connectivity index (χ4n) is 2.78. The average molecular weight is 345 g/mol. The largest absolute Gasteiger partial charge is 0.497 e. The van der Waals surface area contributed by atoms with E-state index in [1.54, 1.807) is 23.7 Å². The van der Waals surface area contributed by atoms with Gasteiger partial charge < -0.3 is 14.4 Å². The van der Waals surface area contributed by atoms with Crippen molar-refractivity contribution in [3.05, 3.63) is 29.5 Å². The summed E-state index contributed by atoms with van der Waals surface area (Å²) in [5, 5.41) is 10.7. The van der Waals surface area contributed by atoms with E-state index in [1.165, 1.54) is 0 Å². The molecule has 0 spiro atoms. The summed E-state index contributed by atoms with van der Waals surface area (Å²) in [6.07, 6.45) is 0. The molecule has 0 fully saturated rings. The number of amides is 2. The van der Waals surface area contributed by atoms with Gasteiger partial charge in [-0.25, -0.2) is 4.79 Å². The van der Waals surface area contributed by atoms with Gasteiger partial charge in [-0.3, -0.25) is 10.00 Å². The van der Waals surface area contributed by atoms with Crippen molar-refractivity contribution in [1.82, 2.24) is 19.9 Å². The third-order valence-corrected chi connectivity index (χ3v) is 4.21. The van der Waals surface area contributed by atoms with Crippen LogP contribution in [0, 0.1) is 6.92 Å². The lowest BCUT2D eigenvalue weighted by Gasteiger charge is -2.29. The molecule has 25 heavy (non-hydrogen) atoms. The minimum absolute atomic E-state index is 0.232. The Hall–Kier alpha value is -2.77. The maximum absolute atomic E-state index is 12.8. The van der Waals surface area contributed by atoms with Crippen molar-refractivity contribution in [2.24, 2.45) is 7.05 Å². The Balaban J connectivity index is 1.85. The van der Waals surface area contributed by atoms with E-state index in [4.69, 9.17) is 9.47 Å². The summed E-state index contributed by atoms with van der Waals surface area (Å²) in [5.41, 5.74) is 1.19. The lowest BCUT2D eigenvalue weighted by atomic mass is 10.1. The fraction of sp³-hybridized carbons (Fsp3) is 0.471. The molecule has 2 heterocycles. The third-order valence-electron chi connectivity index (χ3n) is 4.21. The van der Waals surface area contributed by atoms with E-state index in [2.05, 4.69) is 15.6 Å². The highest BCUT2D eigenvalue weighted by Gasteiger charge is 2.32. The minimum atomic E-state index is -0.535. The first-order valence-electron chi connectivity index (χ1n) is 8.07. The molecule has 0 saturated carbocycles. The number of carbonyl (C=O) groups excluding carboxylic acids is 1. The third kappa shape index (κ3) is 3.52. The molecule has 2 amide bonds. The summed E-state index contributed by atoms with van der Waals surface area (Å²) >= 11 is 0. The predicted molar refractivity (Wildman–Crippen MR) is 92.9 cm³/mol. The molecule has 2 aromatic rings. The lowest BCUT2D eigenvalue weighted by molar-refractivity contribution is 0.0833. The number of hydrogen-bond donors (Lipinski definition) is 1. The van der Waals surface area contributed by atoms with E-state index >= 15 is 0 Å². The van der Waals surface area contributed by atoms with E-state index in [-0.39, 0.29) is 6.03 Å². The Labute approximate surface area is 146 Å². The van der Waals surface area contributed by atoms with Gasteiger partial charge in [0, 0.05) is 18.7 Å². The number of urea groups is 1. The quantitative estimate of drug-likeness (QED) is 0.903. The minimum Gasteiger partial charge on any atom is -0.497 e. The zero-order valence-electron chi connectivity index (χ0n) is 15.2. The average Bonchev–Trinajstić information content (AvgIpc) is 2.79. The fourth-order valence-corrected chi connectivity index (χ4v) is 2.78. The number of rotatable bonds is 2. The van der Waals surface area contributed by atoms with Crippen LogP contribution < -0.4 is 14.8 Å². The first kappa shape index (κ1) is 17.1. The second kappa shape index (κ2) is 6.27. The molecule has 0 radical (unpaired) electrons. The number of carbonyl (C=O) groups is 1. The summed E-state index contributed by atoms with van der Waals surface area (Å²) in [6, 6.07) is 5.40. The second-order valence-electron chi connectivity index (χ2n) is 6.77. The summed E-state index contributed by atoms with van der Waals surface area (Å²) in [7, 11) is 3.40. The molecular formula is C17H23N5O3. The number of anilines is 1. The summed E-state index contributed by atoms with van der Waals surface area (Å²) < 4.78 is 13.0. The van der Waals surface area contributed by atoms with Crippen molar-refractivity contribution in [3.63, 3.8) is 0 Å². The number of fused-ring (bicyclic) bond motifs is 1. The summed E-state index contributed by atoms with van der Waals surface area (Å²) in [6.45, 7) is 6.64. The molecule has 1 N–H and O–H groups in total. The van der Waals surface area contributed by atoms with Crippen LogP contribution in [-0.4, -0.2) is 45.2 Å². The highest BCUT2D eigenvalue weighted by Crippen LogP contribution is 2.32. The van der Waals surface area contributed by atoms with Gasteiger partial charge in [0.25, 0.3) is 0 Å². The van der Waals surface area contributed by atoms with Crippen molar-refractivity contribution in [2.75, 3.05) is 19.0 Å². The summed E-state index contributed by atoms with van der Waals surface area (Å²) in [5.74, 6) is 1.92. The number of nitrogens with one attached hydrogen (secondary N) is 1. The monoisotopic (exact) mass is 345 g/mol. The zero-order valence-corrected chi connectivity index (χ0v) is 15.2. The smallest absolute Gasteiger partial charge is 0.323 e. The molecular weight excluding hydrogens is 322 g/mol. The van der Waals surface area contributed by atoms with Crippen LogP contribution in [0.1, 0.15) is 25.1 Å². The summed E-state index contributed by atoms with van der Waals surface area (Å²) in [4.78, 5) is 14.5. The van der Waals surface area contributed by atoms with Crippen LogP contribution in [0.25, 0.3) is 0 Å². The van der Waals surface area contributed by atoms with E-state index in [0.717, 1.165) is 22.8 Å². The molecule has 0 unspecified atom stereocenters. The standard InChI is InChI=1S/C17H23N5O3/c1-11-15(19-20-21(11)4)18-16(23)22-9-12-6-7-13(24-5)8-14(12)25-17(2,3)10-22/h6-8H,9-10H2,1-5H3,(H,18,23). The SMILES string of the molecule is COc1ccc2c(c1)OC(C)(C)CN(C(=O)Nc1nnn(C)c1C)C2. The van der Waals surface area contributed by atoms with Crippen LogP contribution in [-0.2, 0) is 13.6 Å². The molecule has 1 aromatic heterocycles. The zero-order chi connectivity index (χ0) is 18.2. The molecule has 0 saturated heterocycles. The van der Waals surface area contributed by atoms with Crippen molar-refractivity contribution < 1.29 is 14.3 Å². The predicted octanol–water partition coefficient (Wildman–Crippen LogP) is 2.34. The Bertz CT molecular complexity index is 800. The van der Waals surface area contributed by atoms with Crippen LogP contribution >= 0.6 is 0 Å². The van der Waals surface area contributed by atoms with E-state index in [1.807, 2.05) is 39.0 Å². The molecule has 0 aliphatic carbocycles. The van der Waals surface area contributed by atoms with Crippen LogP contribution in [0.3, 0.4) is 0 Å². The number of hydrogen-bond acceptors (Lipinski definition) is 5. The highest BCUT2D eigenvalue weighted by atomic mass is 16.5. The number of nitrogens with zero attached hydrogens (tertiary/aromatic N) is 4. The molecule has 8 heteroatoms. The number of ether oxygens (including phenoxy) is 2. The Morgan fingerprint density at radius 1 is 1.40 bits per heavy atom. The number of benzene rings is 1. The van der Waals surface area contributed by atoms with Crippen LogP contribution in [0.15, 0.2) is 18.2 Å². The second-order valence-corrected chi connectivity index (χ2v) is 6.77. The molecule has 134 valence electrons. The first-order chi connectivity index (χ1) is 11.8. The molecule has 3 rings (SSSR count). The van der Waals surface area contributed by atoms with E-state index in [0.29, 0.717) is 18.9 Å². The van der Waals surface area contributed by atoms with Gasteiger partial charge in [0.15, 0.2) is 5.82 Å². The van der Waals surface area contributed by atoms with Gasteiger partial charge in [0.2, 0.25) is 0 Å². The van der Waals surface area contributed by atoms with Crippen molar-refractivity contribution in [1.29, 1.82) is 0 Å². The van der Waals surface area contributed by atoms with Crippen molar-refractivity contribution in [2.45, 2.75) is 32.9 Å². The normalized spacial score (nSPS) is 15.8.